The van der Waals surface area contributed by atoms with E-state index in [1.807, 2.05) is 61.7 Å². The van der Waals surface area contributed by atoms with Crippen molar-refractivity contribution in [1.82, 2.24) is 10.3 Å². The average molecular weight is 415 g/mol. The Balaban J connectivity index is 1.46. The highest BCUT2D eigenvalue weighted by Gasteiger charge is 2.19. The molecule has 0 fully saturated rings. The van der Waals surface area contributed by atoms with E-state index in [1.165, 1.54) is 0 Å². The topological polar surface area (TPSA) is 63.4 Å². The largest absolute Gasteiger partial charge is 0.490 e. The summed E-state index contributed by atoms with van der Waals surface area (Å²) in [6.07, 6.45) is 2.03. The quantitative estimate of drug-likeness (QED) is 0.410. The van der Waals surface area contributed by atoms with E-state index in [1.54, 1.807) is 6.07 Å². The first-order valence-electron chi connectivity index (χ1n) is 10.5. The Hall–Kier alpha value is -3.73. The third-order valence-corrected chi connectivity index (χ3v) is 5.21. The first-order valence-corrected chi connectivity index (χ1v) is 10.5. The lowest BCUT2D eigenvalue weighted by Crippen LogP contribution is -2.32. The molecule has 0 radical (unpaired) electrons. The van der Waals surface area contributed by atoms with Crippen LogP contribution in [0.1, 0.15) is 24.0 Å². The number of amides is 1. The van der Waals surface area contributed by atoms with Crippen molar-refractivity contribution in [2.24, 2.45) is 0 Å². The van der Waals surface area contributed by atoms with E-state index >= 15 is 0 Å². The maximum Gasteiger partial charge on any atom is 0.257 e. The fourth-order valence-corrected chi connectivity index (χ4v) is 3.73. The number of rotatable bonds is 9. The van der Waals surface area contributed by atoms with Crippen LogP contribution in [0.4, 0.5) is 0 Å². The summed E-state index contributed by atoms with van der Waals surface area (Å²) in [5.74, 6) is 1.05. The predicted octanol–water partition coefficient (Wildman–Crippen LogP) is 4.89. The highest BCUT2D eigenvalue weighted by Crippen LogP contribution is 2.30. The molecular weight excluding hydrogens is 388 g/mol. The van der Waals surface area contributed by atoms with Crippen molar-refractivity contribution < 1.29 is 14.3 Å². The molecule has 4 rings (SSSR count). The molecule has 1 heterocycles. The van der Waals surface area contributed by atoms with Crippen molar-refractivity contribution in [3.8, 4) is 11.5 Å². The molecule has 0 saturated carbocycles. The van der Waals surface area contributed by atoms with Crippen LogP contribution in [0.5, 0.6) is 11.5 Å². The normalized spacial score (nSPS) is 11.8. The SMILES string of the molecule is CCOc1ccccc1OCC(=O)NCC(c1ccccc1)c1c[nH]c2ccccc12. The summed E-state index contributed by atoms with van der Waals surface area (Å²) in [5, 5.41) is 4.20. The van der Waals surface area contributed by atoms with Crippen LogP contribution >= 0.6 is 0 Å². The number of para-hydroxylation sites is 3. The van der Waals surface area contributed by atoms with Crippen molar-refractivity contribution in [3.63, 3.8) is 0 Å². The van der Waals surface area contributed by atoms with Crippen LogP contribution in [0.25, 0.3) is 10.9 Å². The standard InChI is InChI=1S/C26H26N2O3/c1-2-30-24-14-8-9-15-25(24)31-18-26(29)28-16-21(19-10-4-3-5-11-19)22-17-27-23-13-7-6-12-20(22)23/h3-15,17,21,27H,2,16,18H2,1H3,(H,28,29). The molecule has 5 heteroatoms. The summed E-state index contributed by atoms with van der Waals surface area (Å²) in [6.45, 7) is 2.86. The molecule has 0 bridgehead atoms. The first kappa shape index (κ1) is 20.5. The van der Waals surface area contributed by atoms with Gasteiger partial charge in [0.25, 0.3) is 5.91 Å². The molecule has 0 spiro atoms. The zero-order valence-electron chi connectivity index (χ0n) is 17.5. The molecule has 5 nitrogen and oxygen atoms in total. The summed E-state index contributed by atoms with van der Waals surface area (Å²) < 4.78 is 11.3. The van der Waals surface area contributed by atoms with Crippen molar-refractivity contribution >= 4 is 16.8 Å². The molecule has 0 aliphatic rings. The third kappa shape index (κ3) is 4.89. The summed E-state index contributed by atoms with van der Waals surface area (Å²) in [6, 6.07) is 25.8. The fraction of sp³-hybridized carbons (Fsp3) is 0.192. The van der Waals surface area contributed by atoms with Gasteiger partial charge in [0.2, 0.25) is 0 Å². The predicted molar refractivity (Wildman–Crippen MR) is 123 cm³/mol. The lowest BCUT2D eigenvalue weighted by Gasteiger charge is -2.18. The molecule has 0 aliphatic carbocycles. The molecule has 1 atom stereocenters. The molecule has 1 amide bonds. The number of hydrogen-bond acceptors (Lipinski definition) is 3. The smallest absolute Gasteiger partial charge is 0.257 e. The van der Waals surface area contributed by atoms with Crippen LogP contribution in [0.15, 0.2) is 85.1 Å². The van der Waals surface area contributed by atoms with Gasteiger partial charge in [-0.3, -0.25) is 4.79 Å². The van der Waals surface area contributed by atoms with Gasteiger partial charge >= 0.3 is 0 Å². The molecule has 0 saturated heterocycles. The fourth-order valence-electron chi connectivity index (χ4n) is 3.73. The van der Waals surface area contributed by atoms with Gasteiger partial charge in [0.15, 0.2) is 18.1 Å². The van der Waals surface area contributed by atoms with Crippen molar-refractivity contribution in [2.75, 3.05) is 19.8 Å². The van der Waals surface area contributed by atoms with E-state index in [-0.39, 0.29) is 18.4 Å². The van der Waals surface area contributed by atoms with Crippen LogP contribution in [0.2, 0.25) is 0 Å². The van der Waals surface area contributed by atoms with Gasteiger partial charge in [0.05, 0.1) is 6.61 Å². The molecule has 3 aromatic carbocycles. The molecule has 2 N–H and O–H groups in total. The minimum Gasteiger partial charge on any atom is -0.490 e. The minimum atomic E-state index is -0.174. The number of carbonyl (C=O) groups is 1. The first-order chi connectivity index (χ1) is 15.3. The Kier molecular flexibility index (Phi) is 6.53. The number of carbonyl (C=O) groups excluding carboxylic acids is 1. The second kappa shape index (κ2) is 9.85. The van der Waals surface area contributed by atoms with E-state index < -0.39 is 0 Å². The zero-order chi connectivity index (χ0) is 21.5. The van der Waals surface area contributed by atoms with Gasteiger partial charge in [-0.05, 0) is 36.2 Å². The molecule has 31 heavy (non-hydrogen) atoms. The summed E-state index contributed by atoms with van der Waals surface area (Å²) in [4.78, 5) is 15.9. The minimum absolute atomic E-state index is 0.0250. The Labute approximate surface area is 182 Å². The van der Waals surface area contributed by atoms with Crippen LogP contribution in [-0.2, 0) is 4.79 Å². The Morgan fingerprint density at radius 2 is 1.58 bits per heavy atom. The maximum absolute atomic E-state index is 12.6. The van der Waals surface area contributed by atoms with E-state index in [2.05, 4.69) is 34.6 Å². The summed E-state index contributed by atoms with van der Waals surface area (Å²) in [7, 11) is 0. The number of aromatic nitrogens is 1. The lowest BCUT2D eigenvalue weighted by atomic mass is 9.91. The molecule has 158 valence electrons. The second-order valence-electron chi connectivity index (χ2n) is 7.23. The highest BCUT2D eigenvalue weighted by molar-refractivity contribution is 5.84. The van der Waals surface area contributed by atoms with E-state index in [0.29, 0.717) is 24.7 Å². The number of H-pyrrole nitrogens is 1. The number of benzene rings is 3. The van der Waals surface area contributed by atoms with Gasteiger partial charge in [0, 0.05) is 29.6 Å². The average Bonchev–Trinajstić information content (AvgIpc) is 3.24. The Morgan fingerprint density at radius 1 is 0.903 bits per heavy atom. The zero-order valence-corrected chi connectivity index (χ0v) is 17.5. The highest BCUT2D eigenvalue weighted by atomic mass is 16.5. The summed E-state index contributed by atoms with van der Waals surface area (Å²) >= 11 is 0. The number of aromatic amines is 1. The molecule has 4 aromatic rings. The second-order valence-corrected chi connectivity index (χ2v) is 7.23. The maximum atomic E-state index is 12.6. The van der Waals surface area contributed by atoms with Gasteiger partial charge in [-0.25, -0.2) is 0 Å². The number of ether oxygens (including phenoxy) is 2. The molecule has 1 unspecified atom stereocenters. The van der Waals surface area contributed by atoms with Gasteiger partial charge in [0.1, 0.15) is 0 Å². The van der Waals surface area contributed by atoms with Crippen molar-refractivity contribution in [1.29, 1.82) is 0 Å². The van der Waals surface area contributed by atoms with E-state index in [4.69, 9.17) is 9.47 Å². The van der Waals surface area contributed by atoms with Crippen LogP contribution < -0.4 is 14.8 Å². The van der Waals surface area contributed by atoms with Gasteiger partial charge in [-0.1, -0.05) is 60.7 Å². The monoisotopic (exact) mass is 414 g/mol. The molecular formula is C26H26N2O3. The van der Waals surface area contributed by atoms with Crippen LogP contribution in [0, 0.1) is 0 Å². The Bertz CT molecular complexity index is 1140. The Morgan fingerprint density at radius 3 is 2.35 bits per heavy atom. The van der Waals surface area contributed by atoms with Crippen LogP contribution in [0.3, 0.4) is 0 Å². The van der Waals surface area contributed by atoms with Crippen LogP contribution in [-0.4, -0.2) is 30.6 Å². The van der Waals surface area contributed by atoms with Crippen molar-refractivity contribution in [3.05, 3.63) is 96.2 Å². The molecule has 0 aliphatic heterocycles. The van der Waals surface area contributed by atoms with Gasteiger partial charge < -0.3 is 19.8 Å². The van der Waals surface area contributed by atoms with Gasteiger partial charge in [-0.15, -0.1) is 0 Å². The summed E-state index contributed by atoms with van der Waals surface area (Å²) in [5.41, 5.74) is 3.39. The molecule has 1 aromatic heterocycles. The lowest BCUT2D eigenvalue weighted by molar-refractivity contribution is -0.123. The van der Waals surface area contributed by atoms with E-state index in [9.17, 15) is 4.79 Å². The number of fused-ring (bicyclic) bond motifs is 1. The van der Waals surface area contributed by atoms with E-state index in [0.717, 1.165) is 22.0 Å². The van der Waals surface area contributed by atoms with Crippen molar-refractivity contribution in [2.45, 2.75) is 12.8 Å². The van der Waals surface area contributed by atoms with Gasteiger partial charge in [-0.2, -0.15) is 0 Å². The number of hydrogen-bond donors (Lipinski definition) is 2. The number of nitrogens with one attached hydrogen (secondary N) is 2. The third-order valence-electron chi connectivity index (χ3n) is 5.21.